The van der Waals surface area contributed by atoms with Crippen LogP contribution >= 0.6 is 0 Å². The number of halogens is 2. The van der Waals surface area contributed by atoms with E-state index in [1.807, 2.05) is 6.92 Å². The van der Waals surface area contributed by atoms with Gasteiger partial charge in [-0.25, -0.2) is 8.78 Å². The molecule has 2 atom stereocenters. The van der Waals surface area contributed by atoms with Crippen molar-refractivity contribution in [1.82, 2.24) is 4.90 Å². The van der Waals surface area contributed by atoms with Crippen molar-refractivity contribution in [2.75, 3.05) is 12.3 Å². The van der Waals surface area contributed by atoms with E-state index in [1.165, 1.54) is 4.90 Å². The smallest absolute Gasteiger partial charge is 0.260 e. The largest absolute Gasteiger partial charge is 0.396 e. The highest BCUT2D eigenvalue weighted by molar-refractivity contribution is 5.96. The highest BCUT2D eigenvalue weighted by Gasteiger charge is 2.31. The summed E-state index contributed by atoms with van der Waals surface area (Å²) in [5, 5.41) is 0. The Kier molecular flexibility index (Phi) is 3.73. The lowest BCUT2D eigenvalue weighted by Gasteiger charge is -2.36. The monoisotopic (exact) mass is 268 g/mol. The molecule has 3 nitrogen and oxygen atoms in total. The lowest BCUT2D eigenvalue weighted by atomic mass is 9.92. The molecule has 1 aliphatic heterocycles. The standard InChI is InChI=1S/C14H18F2N2O/c1-8-5-6-18(9(2)7-8)14(19)12-10(15)3-4-11(17)13(12)16/h3-4,8-9H,5-7,17H2,1-2H3. The summed E-state index contributed by atoms with van der Waals surface area (Å²) in [6.07, 6.45) is 1.69. The van der Waals surface area contributed by atoms with E-state index in [9.17, 15) is 13.6 Å². The molecule has 1 fully saturated rings. The molecule has 1 aliphatic rings. The summed E-state index contributed by atoms with van der Waals surface area (Å²) in [5.74, 6) is -1.91. The predicted molar refractivity (Wildman–Crippen MR) is 69.7 cm³/mol. The van der Waals surface area contributed by atoms with Crippen molar-refractivity contribution < 1.29 is 13.6 Å². The van der Waals surface area contributed by atoms with Gasteiger partial charge in [0.25, 0.3) is 5.91 Å². The van der Waals surface area contributed by atoms with Crippen molar-refractivity contribution in [3.8, 4) is 0 Å². The molecule has 2 rings (SSSR count). The van der Waals surface area contributed by atoms with Gasteiger partial charge in [-0.05, 0) is 37.8 Å². The normalized spacial score (nSPS) is 23.5. The van der Waals surface area contributed by atoms with E-state index in [4.69, 9.17) is 5.73 Å². The average molecular weight is 268 g/mol. The zero-order chi connectivity index (χ0) is 14.2. The zero-order valence-electron chi connectivity index (χ0n) is 11.1. The number of amides is 1. The molecular weight excluding hydrogens is 250 g/mol. The van der Waals surface area contributed by atoms with E-state index < -0.39 is 23.1 Å². The first-order chi connectivity index (χ1) is 8.91. The van der Waals surface area contributed by atoms with Crippen LogP contribution in [0.5, 0.6) is 0 Å². The van der Waals surface area contributed by atoms with Crippen LogP contribution in [0.4, 0.5) is 14.5 Å². The van der Waals surface area contributed by atoms with E-state index in [0.717, 1.165) is 25.0 Å². The van der Waals surface area contributed by atoms with Crippen LogP contribution in [0, 0.1) is 17.6 Å². The highest BCUT2D eigenvalue weighted by atomic mass is 19.1. The summed E-state index contributed by atoms with van der Waals surface area (Å²) in [6, 6.07) is 2.14. The molecule has 1 aromatic carbocycles. The molecule has 5 heteroatoms. The van der Waals surface area contributed by atoms with E-state index in [1.54, 1.807) is 0 Å². The number of carbonyl (C=O) groups is 1. The molecule has 1 amide bonds. The first-order valence-corrected chi connectivity index (χ1v) is 6.46. The van der Waals surface area contributed by atoms with E-state index >= 15 is 0 Å². The Morgan fingerprint density at radius 1 is 1.37 bits per heavy atom. The molecule has 0 radical (unpaired) electrons. The zero-order valence-corrected chi connectivity index (χ0v) is 11.1. The fourth-order valence-electron chi connectivity index (χ4n) is 2.62. The molecular formula is C14H18F2N2O. The minimum absolute atomic E-state index is 0.0171. The van der Waals surface area contributed by atoms with Crippen LogP contribution in [0.2, 0.25) is 0 Å². The second-order valence-corrected chi connectivity index (χ2v) is 5.30. The number of nitrogens with two attached hydrogens (primary N) is 1. The highest BCUT2D eigenvalue weighted by Crippen LogP contribution is 2.26. The second kappa shape index (κ2) is 5.15. The van der Waals surface area contributed by atoms with Crippen molar-refractivity contribution in [3.05, 3.63) is 29.3 Å². The summed E-state index contributed by atoms with van der Waals surface area (Å²) in [4.78, 5) is 13.8. The summed E-state index contributed by atoms with van der Waals surface area (Å²) in [5.41, 5.74) is 4.66. The Bertz CT molecular complexity index is 504. The van der Waals surface area contributed by atoms with Crippen molar-refractivity contribution in [3.63, 3.8) is 0 Å². The molecule has 0 saturated carbocycles. The molecule has 0 aromatic heterocycles. The van der Waals surface area contributed by atoms with Gasteiger partial charge < -0.3 is 10.6 Å². The summed E-state index contributed by atoms with van der Waals surface area (Å²) in [6.45, 7) is 4.53. The molecule has 104 valence electrons. The predicted octanol–water partition coefficient (Wildman–Crippen LogP) is 2.81. The first-order valence-electron chi connectivity index (χ1n) is 6.46. The molecule has 0 bridgehead atoms. The van der Waals surface area contributed by atoms with Gasteiger partial charge in [0, 0.05) is 12.6 Å². The van der Waals surface area contributed by atoms with Crippen LogP contribution in [0.15, 0.2) is 12.1 Å². The van der Waals surface area contributed by atoms with Crippen LogP contribution in [0.3, 0.4) is 0 Å². The Balaban J connectivity index is 2.32. The van der Waals surface area contributed by atoms with E-state index in [0.29, 0.717) is 12.5 Å². The third-order valence-corrected chi connectivity index (χ3v) is 3.73. The molecule has 19 heavy (non-hydrogen) atoms. The van der Waals surface area contributed by atoms with Gasteiger partial charge >= 0.3 is 0 Å². The van der Waals surface area contributed by atoms with Crippen LogP contribution < -0.4 is 5.73 Å². The van der Waals surface area contributed by atoms with Gasteiger partial charge in [0.05, 0.1) is 5.69 Å². The molecule has 2 unspecified atom stereocenters. The van der Waals surface area contributed by atoms with Gasteiger partial charge in [0.2, 0.25) is 0 Å². The van der Waals surface area contributed by atoms with E-state index in [-0.39, 0.29) is 11.7 Å². The molecule has 0 spiro atoms. The number of hydrogen-bond donors (Lipinski definition) is 1. The van der Waals surface area contributed by atoms with Gasteiger partial charge in [-0.3, -0.25) is 4.79 Å². The Morgan fingerprint density at radius 2 is 2.05 bits per heavy atom. The molecule has 0 aliphatic carbocycles. The molecule has 1 saturated heterocycles. The number of nitrogens with zero attached hydrogens (tertiary/aromatic N) is 1. The Hall–Kier alpha value is -1.65. The maximum absolute atomic E-state index is 13.9. The number of benzene rings is 1. The summed E-state index contributed by atoms with van der Waals surface area (Å²) in [7, 11) is 0. The first kappa shape index (κ1) is 13.8. The lowest BCUT2D eigenvalue weighted by molar-refractivity contribution is 0.0579. The van der Waals surface area contributed by atoms with Crippen LogP contribution in [0.25, 0.3) is 0 Å². The summed E-state index contributed by atoms with van der Waals surface area (Å²) < 4.78 is 27.6. The van der Waals surface area contributed by atoms with Gasteiger partial charge in [0.15, 0.2) is 5.82 Å². The Labute approximate surface area is 111 Å². The van der Waals surface area contributed by atoms with Crippen molar-refractivity contribution in [2.45, 2.75) is 32.7 Å². The minimum Gasteiger partial charge on any atom is -0.396 e. The third-order valence-electron chi connectivity index (χ3n) is 3.73. The minimum atomic E-state index is -0.962. The molecule has 2 N–H and O–H groups in total. The maximum atomic E-state index is 13.9. The molecule has 1 heterocycles. The SMILES string of the molecule is CC1CCN(C(=O)c2c(F)ccc(N)c2F)C(C)C1. The van der Waals surface area contributed by atoms with E-state index in [2.05, 4.69) is 6.92 Å². The topological polar surface area (TPSA) is 46.3 Å². The number of likely N-dealkylation sites (tertiary alicyclic amines) is 1. The number of rotatable bonds is 1. The number of anilines is 1. The van der Waals surface area contributed by atoms with Crippen molar-refractivity contribution in [1.29, 1.82) is 0 Å². The maximum Gasteiger partial charge on any atom is 0.260 e. The Morgan fingerprint density at radius 3 is 2.68 bits per heavy atom. The number of nitrogen functional groups attached to an aromatic ring is 1. The van der Waals surface area contributed by atoms with Gasteiger partial charge in [-0.15, -0.1) is 0 Å². The van der Waals surface area contributed by atoms with Gasteiger partial charge in [-0.2, -0.15) is 0 Å². The van der Waals surface area contributed by atoms with Gasteiger partial charge in [-0.1, -0.05) is 6.92 Å². The quantitative estimate of drug-likeness (QED) is 0.796. The van der Waals surface area contributed by atoms with Crippen LogP contribution in [0.1, 0.15) is 37.0 Å². The fourth-order valence-corrected chi connectivity index (χ4v) is 2.62. The average Bonchev–Trinajstić information content (AvgIpc) is 2.34. The van der Waals surface area contributed by atoms with Gasteiger partial charge in [0.1, 0.15) is 11.4 Å². The van der Waals surface area contributed by atoms with Crippen LogP contribution in [-0.4, -0.2) is 23.4 Å². The fraction of sp³-hybridized carbons (Fsp3) is 0.500. The molecule has 1 aromatic rings. The third kappa shape index (κ3) is 2.55. The van der Waals surface area contributed by atoms with Crippen molar-refractivity contribution >= 4 is 11.6 Å². The van der Waals surface area contributed by atoms with Crippen molar-refractivity contribution in [2.24, 2.45) is 5.92 Å². The van der Waals surface area contributed by atoms with Crippen LogP contribution in [-0.2, 0) is 0 Å². The number of piperidine rings is 1. The lowest BCUT2D eigenvalue weighted by Crippen LogP contribution is -2.44. The second-order valence-electron chi connectivity index (χ2n) is 5.30. The number of hydrogen-bond acceptors (Lipinski definition) is 2. The summed E-state index contributed by atoms with van der Waals surface area (Å²) >= 11 is 0. The number of carbonyl (C=O) groups excluding carboxylic acids is 1.